The highest BCUT2D eigenvalue weighted by atomic mass is 32.2. The highest BCUT2D eigenvalue weighted by Crippen LogP contribution is 2.38. The molecule has 2 aliphatic heterocycles. The standard InChI is InChI=1S/C11H20FNO2S/c1-11(12)8-13-5-2-10(11)9-3-6-16(14,15)7-4-9/h9-10,13H,2-8H2,1H3. The minimum atomic E-state index is -2.83. The zero-order valence-electron chi connectivity index (χ0n) is 9.71. The third-order valence-corrected chi connectivity index (χ3v) is 5.76. The number of rotatable bonds is 1. The predicted molar refractivity (Wildman–Crippen MR) is 61.9 cm³/mol. The van der Waals surface area contributed by atoms with E-state index in [4.69, 9.17) is 0 Å². The first-order chi connectivity index (χ1) is 7.41. The van der Waals surface area contributed by atoms with Crippen LogP contribution in [0.4, 0.5) is 4.39 Å². The Morgan fingerprint density at radius 3 is 2.44 bits per heavy atom. The second-order valence-electron chi connectivity index (χ2n) is 5.34. The van der Waals surface area contributed by atoms with Gasteiger partial charge >= 0.3 is 0 Å². The molecule has 0 aliphatic carbocycles. The molecule has 2 unspecified atom stereocenters. The summed E-state index contributed by atoms with van der Waals surface area (Å²) in [6, 6.07) is 0. The second-order valence-corrected chi connectivity index (χ2v) is 7.64. The first-order valence-electron chi connectivity index (χ1n) is 6.01. The Hall–Kier alpha value is -0.160. The van der Waals surface area contributed by atoms with Crippen LogP contribution in [0.25, 0.3) is 0 Å². The van der Waals surface area contributed by atoms with Crippen LogP contribution >= 0.6 is 0 Å². The Labute approximate surface area is 96.7 Å². The zero-order chi connectivity index (χ0) is 11.8. The van der Waals surface area contributed by atoms with Crippen molar-refractivity contribution >= 4 is 9.84 Å². The van der Waals surface area contributed by atoms with E-state index in [0.29, 0.717) is 19.4 Å². The molecule has 2 atom stereocenters. The van der Waals surface area contributed by atoms with Gasteiger partial charge in [0.15, 0.2) is 0 Å². The topological polar surface area (TPSA) is 46.2 Å². The minimum Gasteiger partial charge on any atom is -0.314 e. The SMILES string of the molecule is CC1(F)CNCCC1C1CCS(=O)(=O)CC1. The van der Waals surface area contributed by atoms with Crippen molar-refractivity contribution in [3.05, 3.63) is 0 Å². The molecule has 0 aromatic carbocycles. The molecule has 0 bridgehead atoms. The molecule has 5 heteroatoms. The van der Waals surface area contributed by atoms with E-state index in [0.717, 1.165) is 13.0 Å². The zero-order valence-corrected chi connectivity index (χ0v) is 10.5. The van der Waals surface area contributed by atoms with Crippen molar-refractivity contribution in [2.45, 2.75) is 31.9 Å². The number of hydrogen-bond acceptors (Lipinski definition) is 3. The van der Waals surface area contributed by atoms with E-state index >= 15 is 0 Å². The molecule has 2 fully saturated rings. The lowest BCUT2D eigenvalue weighted by atomic mass is 9.74. The van der Waals surface area contributed by atoms with Crippen LogP contribution in [0.15, 0.2) is 0 Å². The van der Waals surface area contributed by atoms with Crippen LogP contribution in [0.3, 0.4) is 0 Å². The molecule has 2 aliphatic rings. The molecule has 2 heterocycles. The fourth-order valence-electron chi connectivity index (χ4n) is 3.06. The van der Waals surface area contributed by atoms with Gasteiger partial charge in [-0.25, -0.2) is 12.8 Å². The summed E-state index contributed by atoms with van der Waals surface area (Å²) in [5.41, 5.74) is -1.18. The van der Waals surface area contributed by atoms with E-state index in [1.807, 2.05) is 0 Å². The van der Waals surface area contributed by atoms with E-state index in [1.165, 1.54) is 0 Å². The van der Waals surface area contributed by atoms with Crippen LogP contribution < -0.4 is 5.32 Å². The normalized spacial score (nSPS) is 40.8. The maximum absolute atomic E-state index is 14.3. The molecule has 0 saturated carbocycles. The lowest BCUT2D eigenvalue weighted by Crippen LogP contribution is -2.50. The van der Waals surface area contributed by atoms with Gasteiger partial charge < -0.3 is 5.32 Å². The molecule has 0 spiro atoms. The smallest absolute Gasteiger partial charge is 0.150 e. The molecule has 16 heavy (non-hydrogen) atoms. The Kier molecular flexibility index (Phi) is 3.27. The molecule has 2 saturated heterocycles. The van der Waals surface area contributed by atoms with Gasteiger partial charge in [0.1, 0.15) is 15.5 Å². The fourth-order valence-corrected chi connectivity index (χ4v) is 4.59. The van der Waals surface area contributed by atoms with Gasteiger partial charge in [-0.15, -0.1) is 0 Å². The van der Waals surface area contributed by atoms with Gasteiger partial charge in [0.25, 0.3) is 0 Å². The summed E-state index contributed by atoms with van der Waals surface area (Å²) < 4.78 is 37.0. The van der Waals surface area contributed by atoms with Crippen molar-refractivity contribution < 1.29 is 12.8 Å². The minimum absolute atomic E-state index is 0.0317. The van der Waals surface area contributed by atoms with Crippen molar-refractivity contribution in [2.75, 3.05) is 24.6 Å². The number of halogens is 1. The lowest BCUT2D eigenvalue weighted by Gasteiger charge is -2.41. The van der Waals surface area contributed by atoms with Crippen molar-refractivity contribution in [3.63, 3.8) is 0 Å². The summed E-state index contributed by atoms with van der Waals surface area (Å²) in [6.07, 6.45) is 2.12. The molecule has 1 N–H and O–H groups in total. The highest BCUT2D eigenvalue weighted by Gasteiger charge is 2.42. The third-order valence-electron chi connectivity index (χ3n) is 4.04. The number of piperidine rings is 1. The maximum atomic E-state index is 14.3. The molecule has 2 rings (SSSR count). The van der Waals surface area contributed by atoms with Gasteiger partial charge in [0, 0.05) is 6.54 Å². The summed E-state index contributed by atoms with van der Waals surface area (Å²) >= 11 is 0. The summed E-state index contributed by atoms with van der Waals surface area (Å²) in [6.45, 7) is 2.90. The monoisotopic (exact) mass is 249 g/mol. The van der Waals surface area contributed by atoms with Crippen LogP contribution in [-0.2, 0) is 9.84 Å². The summed E-state index contributed by atoms with van der Waals surface area (Å²) in [7, 11) is -2.83. The number of nitrogens with one attached hydrogen (secondary N) is 1. The van der Waals surface area contributed by atoms with E-state index in [-0.39, 0.29) is 23.3 Å². The van der Waals surface area contributed by atoms with Crippen molar-refractivity contribution in [1.29, 1.82) is 0 Å². The Morgan fingerprint density at radius 2 is 1.88 bits per heavy atom. The predicted octanol–water partition coefficient (Wildman–Crippen LogP) is 1.15. The van der Waals surface area contributed by atoms with Crippen molar-refractivity contribution in [1.82, 2.24) is 5.32 Å². The van der Waals surface area contributed by atoms with Crippen LogP contribution in [0.5, 0.6) is 0 Å². The highest BCUT2D eigenvalue weighted by molar-refractivity contribution is 7.91. The fraction of sp³-hybridized carbons (Fsp3) is 1.00. The van der Waals surface area contributed by atoms with E-state index in [1.54, 1.807) is 6.92 Å². The molecule has 0 aromatic rings. The van der Waals surface area contributed by atoms with Gasteiger partial charge in [0.2, 0.25) is 0 Å². The number of sulfone groups is 1. The number of hydrogen-bond donors (Lipinski definition) is 1. The van der Waals surface area contributed by atoms with Crippen LogP contribution in [-0.4, -0.2) is 38.7 Å². The average Bonchev–Trinajstić information content (AvgIpc) is 2.18. The first kappa shape index (κ1) is 12.3. The first-order valence-corrected chi connectivity index (χ1v) is 7.83. The molecular formula is C11H20FNO2S. The summed E-state index contributed by atoms with van der Waals surface area (Å²) in [5.74, 6) is 0.778. The molecular weight excluding hydrogens is 229 g/mol. The summed E-state index contributed by atoms with van der Waals surface area (Å²) in [5, 5.41) is 3.07. The van der Waals surface area contributed by atoms with Crippen molar-refractivity contribution in [3.8, 4) is 0 Å². The van der Waals surface area contributed by atoms with Gasteiger partial charge in [0.05, 0.1) is 11.5 Å². The van der Waals surface area contributed by atoms with Gasteiger partial charge in [-0.2, -0.15) is 0 Å². The molecule has 94 valence electrons. The Morgan fingerprint density at radius 1 is 1.25 bits per heavy atom. The average molecular weight is 249 g/mol. The Balaban J connectivity index is 2.02. The molecule has 3 nitrogen and oxygen atoms in total. The van der Waals surface area contributed by atoms with E-state index in [9.17, 15) is 12.8 Å². The third kappa shape index (κ3) is 2.56. The molecule has 0 aromatic heterocycles. The van der Waals surface area contributed by atoms with Gasteiger partial charge in [-0.1, -0.05) is 0 Å². The quantitative estimate of drug-likeness (QED) is 0.758. The Bertz CT molecular complexity index is 339. The lowest BCUT2D eigenvalue weighted by molar-refractivity contribution is 0.0293. The number of alkyl halides is 1. The maximum Gasteiger partial charge on any atom is 0.150 e. The molecule has 0 amide bonds. The molecule has 0 radical (unpaired) electrons. The summed E-state index contributed by atoms with van der Waals surface area (Å²) in [4.78, 5) is 0. The van der Waals surface area contributed by atoms with E-state index in [2.05, 4.69) is 5.32 Å². The van der Waals surface area contributed by atoms with Crippen LogP contribution in [0.2, 0.25) is 0 Å². The van der Waals surface area contributed by atoms with E-state index < -0.39 is 15.5 Å². The second kappa shape index (κ2) is 4.26. The van der Waals surface area contributed by atoms with Crippen LogP contribution in [0.1, 0.15) is 26.2 Å². The van der Waals surface area contributed by atoms with Crippen LogP contribution in [0, 0.1) is 11.8 Å². The van der Waals surface area contributed by atoms with Gasteiger partial charge in [-0.05, 0) is 44.6 Å². The largest absolute Gasteiger partial charge is 0.314 e. The van der Waals surface area contributed by atoms with Gasteiger partial charge in [-0.3, -0.25) is 0 Å². The van der Waals surface area contributed by atoms with Crippen molar-refractivity contribution in [2.24, 2.45) is 11.8 Å².